The van der Waals surface area contributed by atoms with Crippen LogP contribution in [0.1, 0.15) is 33.6 Å². The SMILES string of the molecule is CNC(=O)[C@H](CCCNC(=O)OC(C)(C)C)NC. The van der Waals surface area contributed by atoms with Crippen molar-refractivity contribution in [3.63, 3.8) is 0 Å². The maximum atomic E-state index is 11.4. The van der Waals surface area contributed by atoms with E-state index in [0.29, 0.717) is 19.4 Å². The van der Waals surface area contributed by atoms with Gasteiger partial charge in [-0.05, 0) is 40.7 Å². The predicted molar refractivity (Wildman–Crippen MR) is 70.4 cm³/mol. The summed E-state index contributed by atoms with van der Waals surface area (Å²) in [6, 6.07) is -0.226. The van der Waals surface area contributed by atoms with Crippen molar-refractivity contribution in [2.24, 2.45) is 0 Å². The Morgan fingerprint density at radius 2 is 1.83 bits per heavy atom. The molecule has 0 aromatic carbocycles. The number of likely N-dealkylation sites (N-methyl/N-ethyl adjacent to an activating group) is 2. The summed E-state index contributed by atoms with van der Waals surface area (Å²) in [4.78, 5) is 22.7. The van der Waals surface area contributed by atoms with E-state index in [9.17, 15) is 9.59 Å². The molecule has 0 heterocycles. The molecule has 0 rings (SSSR count). The number of carbonyl (C=O) groups excluding carboxylic acids is 2. The Bertz CT molecular complexity index is 274. The highest BCUT2D eigenvalue weighted by Crippen LogP contribution is 2.06. The zero-order chi connectivity index (χ0) is 14.2. The van der Waals surface area contributed by atoms with E-state index in [0.717, 1.165) is 0 Å². The summed E-state index contributed by atoms with van der Waals surface area (Å²) >= 11 is 0. The normalized spacial score (nSPS) is 12.7. The molecule has 6 nitrogen and oxygen atoms in total. The summed E-state index contributed by atoms with van der Waals surface area (Å²) in [5.41, 5.74) is -0.486. The summed E-state index contributed by atoms with van der Waals surface area (Å²) in [6.45, 7) is 5.93. The van der Waals surface area contributed by atoms with Crippen LogP contribution in [0, 0.1) is 0 Å². The minimum absolute atomic E-state index is 0.0465. The van der Waals surface area contributed by atoms with E-state index >= 15 is 0 Å². The van der Waals surface area contributed by atoms with Gasteiger partial charge in [0.2, 0.25) is 5.91 Å². The summed E-state index contributed by atoms with van der Waals surface area (Å²) in [5.74, 6) is -0.0465. The summed E-state index contributed by atoms with van der Waals surface area (Å²) in [5, 5.41) is 8.16. The van der Waals surface area contributed by atoms with Crippen molar-refractivity contribution in [1.29, 1.82) is 0 Å². The number of ether oxygens (including phenoxy) is 1. The van der Waals surface area contributed by atoms with Crippen molar-refractivity contribution in [1.82, 2.24) is 16.0 Å². The number of hydrogen-bond acceptors (Lipinski definition) is 4. The first-order chi connectivity index (χ1) is 8.30. The molecule has 18 heavy (non-hydrogen) atoms. The van der Waals surface area contributed by atoms with Crippen LogP contribution in [0.2, 0.25) is 0 Å². The standard InChI is InChI=1S/C12H25N3O3/c1-12(2,3)18-11(17)15-8-6-7-9(13-4)10(16)14-5/h9,13H,6-8H2,1-5H3,(H,14,16)(H,15,17)/t9-/m0/s1. The van der Waals surface area contributed by atoms with Gasteiger partial charge in [-0.1, -0.05) is 0 Å². The molecule has 2 amide bonds. The molecule has 106 valence electrons. The first-order valence-electron chi connectivity index (χ1n) is 6.16. The molecule has 0 unspecified atom stereocenters. The van der Waals surface area contributed by atoms with Crippen molar-refractivity contribution >= 4 is 12.0 Å². The second-order valence-corrected chi connectivity index (χ2v) is 5.03. The van der Waals surface area contributed by atoms with Gasteiger partial charge in [-0.2, -0.15) is 0 Å². The van der Waals surface area contributed by atoms with E-state index in [1.807, 2.05) is 20.8 Å². The van der Waals surface area contributed by atoms with E-state index in [1.165, 1.54) is 0 Å². The number of carbonyl (C=O) groups is 2. The Morgan fingerprint density at radius 3 is 2.28 bits per heavy atom. The zero-order valence-electron chi connectivity index (χ0n) is 11.9. The van der Waals surface area contributed by atoms with Gasteiger partial charge in [0.15, 0.2) is 0 Å². The number of rotatable bonds is 6. The van der Waals surface area contributed by atoms with E-state index < -0.39 is 11.7 Å². The monoisotopic (exact) mass is 259 g/mol. The van der Waals surface area contributed by atoms with Gasteiger partial charge in [0.25, 0.3) is 0 Å². The maximum Gasteiger partial charge on any atom is 0.407 e. The Kier molecular flexibility index (Phi) is 7.35. The molecule has 0 saturated carbocycles. The van der Waals surface area contributed by atoms with Crippen molar-refractivity contribution < 1.29 is 14.3 Å². The van der Waals surface area contributed by atoms with E-state index in [4.69, 9.17) is 4.74 Å². The number of alkyl carbamates (subject to hydrolysis) is 1. The molecule has 0 aliphatic heterocycles. The molecular formula is C12H25N3O3. The smallest absolute Gasteiger partial charge is 0.407 e. The molecule has 3 N–H and O–H groups in total. The van der Waals surface area contributed by atoms with Crippen LogP contribution in [0.5, 0.6) is 0 Å². The van der Waals surface area contributed by atoms with Gasteiger partial charge < -0.3 is 20.7 Å². The lowest BCUT2D eigenvalue weighted by Gasteiger charge is -2.20. The summed E-state index contributed by atoms with van der Waals surface area (Å²) < 4.78 is 5.09. The highest BCUT2D eigenvalue weighted by Gasteiger charge is 2.16. The predicted octanol–water partition coefficient (Wildman–Crippen LogP) is 0.625. The van der Waals surface area contributed by atoms with Gasteiger partial charge in [0.05, 0.1) is 6.04 Å². The molecule has 0 aliphatic carbocycles. The van der Waals surface area contributed by atoms with Crippen LogP contribution in [-0.2, 0) is 9.53 Å². The lowest BCUT2D eigenvalue weighted by atomic mass is 10.1. The lowest BCUT2D eigenvalue weighted by Crippen LogP contribution is -2.41. The molecule has 0 aromatic rings. The Morgan fingerprint density at radius 1 is 1.22 bits per heavy atom. The largest absolute Gasteiger partial charge is 0.444 e. The summed E-state index contributed by atoms with van der Waals surface area (Å²) in [7, 11) is 3.34. The second kappa shape index (κ2) is 7.92. The van der Waals surface area contributed by atoms with Crippen molar-refractivity contribution in [2.75, 3.05) is 20.6 Å². The molecular weight excluding hydrogens is 234 g/mol. The quantitative estimate of drug-likeness (QED) is 0.611. The third-order valence-electron chi connectivity index (χ3n) is 2.25. The fraction of sp³-hybridized carbons (Fsp3) is 0.833. The van der Waals surface area contributed by atoms with Gasteiger partial charge >= 0.3 is 6.09 Å². The molecule has 6 heteroatoms. The topological polar surface area (TPSA) is 79.5 Å². The first kappa shape index (κ1) is 16.7. The minimum Gasteiger partial charge on any atom is -0.444 e. The van der Waals surface area contributed by atoms with Crippen LogP contribution in [0.15, 0.2) is 0 Å². The number of amides is 2. The molecule has 1 atom stereocenters. The number of nitrogens with one attached hydrogen (secondary N) is 3. The average Bonchev–Trinajstić information content (AvgIpc) is 2.26. The molecule has 0 aromatic heterocycles. The van der Waals surface area contributed by atoms with Crippen LogP contribution < -0.4 is 16.0 Å². The van der Waals surface area contributed by atoms with Crippen LogP contribution in [0.4, 0.5) is 4.79 Å². The minimum atomic E-state index is -0.486. The Balaban J connectivity index is 3.79. The lowest BCUT2D eigenvalue weighted by molar-refractivity contribution is -0.122. The van der Waals surface area contributed by atoms with E-state index in [1.54, 1.807) is 14.1 Å². The van der Waals surface area contributed by atoms with Gasteiger partial charge in [-0.25, -0.2) is 4.79 Å². The Hall–Kier alpha value is -1.30. The maximum absolute atomic E-state index is 11.4. The van der Waals surface area contributed by atoms with Crippen molar-refractivity contribution in [3.05, 3.63) is 0 Å². The molecule has 0 aliphatic rings. The molecule has 0 radical (unpaired) electrons. The molecule has 0 saturated heterocycles. The van der Waals surface area contributed by atoms with Gasteiger partial charge in [0.1, 0.15) is 5.60 Å². The van der Waals surface area contributed by atoms with Gasteiger partial charge in [-0.3, -0.25) is 4.79 Å². The fourth-order valence-corrected chi connectivity index (χ4v) is 1.39. The first-order valence-corrected chi connectivity index (χ1v) is 6.16. The van der Waals surface area contributed by atoms with Gasteiger partial charge in [-0.15, -0.1) is 0 Å². The van der Waals surface area contributed by atoms with E-state index in [-0.39, 0.29) is 11.9 Å². The van der Waals surface area contributed by atoms with Gasteiger partial charge in [0, 0.05) is 13.6 Å². The third kappa shape index (κ3) is 7.89. The van der Waals surface area contributed by atoms with Crippen LogP contribution in [0.25, 0.3) is 0 Å². The second-order valence-electron chi connectivity index (χ2n) is 5.03. The highest BCUT2D eigenvalue weighted by molar-refractivity contribution is 5.81. The fourth-order valence-electron chi connectivity index (χ4n) is 1.39. The zero-order valence-corrected chi connectivity index (χ0v) is 11.9. The summed E-state index contributed by atoms with van der Waals surface area (Å²) in [6.07, 6.45) is 0.938. The van der Waals surface area contributed by atoms with Crippen molar-refractivity contribution in [3.8, 4) is 0 Å². The Labute approximate surface area is 109 Å². The molecule has 0 spiro atoms. The van der Waals surface area contributed by atoms with Crippen LogP contribution in [-0.4, -0.2) is 44.3 Å². The highest BCUT2D eigenvalue weighted by atomic mass is 16.6. The number of hydrogen-bond donors (Lipinski definition) is 3. The van der Waals surface area contributed by atoms with Crippen LogP contribution in [0.3, 0.4) is 0 Å². The molecule has 0 bridgehead atoms. The van der Waals surface area contributed by atoms with Crippen molar-refractivity contribution in [2.45, 2.75) is 45.3 Å². The third-order valence-corrected chi connectivity index (χ3v) is 2.25. The average molecular weight is 259 g/mol. The molecule has 0 fully saturated rings. The van der Waals surface area contributed by atoms with E-state index in [2.05, 4.69) is 16.0 Å². The van der Waals surface area contributed by atoms with Crippen LogP contribution >= 0.6 is 0 Å².